The second-order valence-electron chi connectivity index (χ2n) is 9.53. The number of hydrogen-bond acceptors (Lipinski definition) is 5. The quantitative estimate of drug-likeness (QED) is 0.451. The molecule has 0 saturated heterocycles. The van der Waals surface area contributed by atoms with Crippen molar-refractivity contribution in [3.05, 3.63) is 88.4 Å². The Morgan fingerprint density at radius 2 is 1.89 bits per heavy atom. The first kappa shape index (κ1) is 24.1. The summed E-state index contributed by atoms with van der Waals surface area (Å²) in [5, 5.41) is 2.74. The lowest BCUT2D eigenvalue weighted by Gasteiger charge is -2.38. The summed E-state index contributed by atoms with van der Waals surface area (Å²) in [7, 11) is 1.58. The molecule has 1 unspecified atom stereocenters. The van der Waals surface area contributed by atoms with Crippen molar-refractivity contribution in [2.75, 3.05) is 26.8 Å². The van der Waals surface area contributed by atoms with Crippen molar-refractivity contribution in [2.24, 2.45) is 5.92 Å². The number of furan rings is 1. The van der Waals surface area contributed by atoms with E-state index in [0.717, 1.165) is 36.9 Å². The van der Waals surface area contributed by atoms with Gasteiger partial charge in [0.25, 0.3) is 5.91 Å². The van der Waals surface area contributed by atoms with Crippen LogP contribution in [0.2, 0.25) is 0 Å². The predicted octanol–water partition coefficient (Wildman–Crippen LogP) is 4.43. The number of carbonyl (C=O) groups is 2. The van der Waals surface area contributed by atoms with E-state index in [2.05, 4.69) is 47.5 Å². The number of ether oxygens (including phenoxy) is 2. The van der Waals surface area contributed by atoms with Gasteiger partial charge in [-0.3, -0.25) is 9.59 Å². The highest BCUT2D eigenvalue weighted by Gasteiger charge is 2.39. The van der Waals surface area contributed by atoms with Gasteiger partial charge in [0.2, 0.25) is 5.91 Å². The minimum Gasteiger partial charge on any atom is -0.486 e. The summed E-state index contributed by atoms with van der Waals surface area (Å²) in [5.41, 5.74) is 4.65. The molecular weight excluding hydrogens is 456 g/mol. The molecular formula is C29H32N2O5. The highest BCUT2D eigenvalue weighted by molar-refractivity contribution is 5.91. The Hall–Kier alpha value is -3.58. The molecule has 3 aromatic rings. The van der Waals surface area contributed by atoms with Crippen molar-refractivity contribution >= 4 is 11.8 Å². The van der Waals surface area contributed by atoms with Crippen LogP contribution in [0.15, 0.2) is 59.0 Å². The number of nitrogens with zero attached hydrogens (tertiary/aromatic N) is 1. The molecule has 0 spiro atoms. The van der Waals surface area contributed by atoms with Gasteiger partial charge in [0.15, 0.2) is 5.76 Å². The normalized spacial score (nSPS) is 16.9. The Morgan fingerprint density at radius 1 is 1.08 bits per heavy atom. The average Bonchev–Trinajstić information content (AvgIpc) is 3.64. The number of carbonyl (C=O) groups excluding carboxylic acids is 2. The average molecular weight is 489 g/mol. The van der Waals surface area contributed by atoms with Crippen molar-refractivity contribution in [1.29, 1.82) is 0 Å². The molecule has 188 valence electrons. The van der Waals surface area contributed by atoms with Crippen LogP contribution in [-0.4, -0.2) is 43.5 Å². The van der Waals surface area contributed by atoms with Crippen LogP contribution in [0.25, 0.3) is 0 Å². The van der Waals surface area contributed by atoms with Crippen molar-refractivity contribution in [2.45, 2.75) is 38.8 Å². The Labute approximate surface area is 211 Å². The third-order valence-corrected chi connectivity index (χ3v) is 6.81. The smallest absolute Gasteiger partial charge is 0.287 e. The van der Waals surface area contributed by atoms with Crippen LogP contribution < -0.4 is 10.1 Å². The maximum atomic E-state index is 13.2. The van der Waals surface area contributed by atoms with Crippen LogP contribution >= 0.6 is 0 Å². The molecule has 1 aliphatic heterocycles. The molecule has 36 heavy (non-hydrogen) atoms. The van der Waals surface area contributed by atoms with E-state index in [1.165, 1.54) is 11.1 Å². The minimum absolute atomic E-state index is 0.128. The van der Waals surface area contributed by atoms with Gasteiger partial charge in [0.1, 0.15) is 18.1 Å². The van der Waals surface area contributed by atoms with Crippen LogP contribution in [0.3, 0.4) is 0 Å². The van der Waals surface area contributed by atoms with E-state index in [-0.39, 0.29) is 36.1 Å². The van der Waals surface area contributed by atoms with E-state index in [0.29, 0.717) is 24.7 Å². The first-order chi connectivity index (χ1) is 17.5. The van der Waals surface area contributed by atoms with Gasteiger partial charge < -0.3 is 24.1 Å². The summed E-state index contributed by atoms with van der Waals surface area (Å²) in [6.07, 6.45) is 2.80. The van der Waals surface area contributed by atoms with E-state index in [9.17, 15) is 9.59 Å². The highest BCUT2D eigenvalue weighted by atomic mass is 16.5. The number of nitrogens with one attached hydrogen (secondary N) is 1. The predicted molar refractivity (Wildman–Crippen MR) is 135 cm³/mol. The second-order valence-corrected chi connectivity index (χ2v) is 9.53. The molecule has 1 aromatic heterocycles. The molecule has 1 atom stereocenters. The maximum Gasteiger partial charge on any atom is 0.287 e. The van der Waals surface area contributed by atoms with E-state index in [1.807, 2.05) is 12.1 Å². The molecule has 2 amide bonds. The van der Waals surface area contributed by atoms with Gasteiger partial charge in [0.05, 0.1) is 12.6 Å². The fourth-order valence-corrected chi connectivity index (χ4v) is 4.68. The van der Waals surface area contributed by atoms with Crippen LogP contribution in [0.4, 0.5) is 0 Å². The number of methoxy groups -OCH3 is 1. The SMILES string of the molecule is COCCNC(=O)c1ccc(COc2ccc3c(c2)C(c2ccc(C)cc2)N(C(=O)C2CC2)CC3)o1. The van der Waals surface area contributed by atoms with Crippen molar-refractivity contribution in [3.63, 3.8) is 0 Å². The molecule has 1 saturated carbocycles. The molecule has 0 radical (unpaired) electrons. The Kier molecular flexibility index (Phi) is 7.09. The molecule has 2 aliphatic rings. The number of fused-ring (bicyclic) bond motifs is 1. The molecule has 7 heteroatoms. The van der Waals surface area contributed by atoms with Gasteiger partial charge in [-0.2, -0.15) is 0 Å². The van der Waals surface area contributed by atoms with Crippen molar-refractivity contribution in [1.82, 2.24) is 10.2 Å². The largest absolute Gasteiger partial charge is 0.486 e. The van der Waals surface area contributed by atoms with Crippen LogP contribution in [-0.2, 0) is 22.6 Å². The molecule has 5 rings (SSSR count). The maximum absolute atomic E-state index is 13.2. The van der Waals surface area contributed by atoms with Gasteiger partial charge in [-0.25, -0.2) is 0 Å². The van der Waals surface area contributed by atoms with Crippen LogP contribution in [0.5, 0.6) is 5.75 Å². The molecule has 1 aliphatic carbocycles. The first-order valence-corrected chi connectivity index (χ1v) is 12.5. The first-order valence-electron chi connectivity index (χ1n) is 12.5. The topological polar surface area (TPSA) is 81.0 Å². The van der Waals surface area contributed by atoms with E-state index in [1.54, 1.807) is 19.2 Å². The van der Waals surface area contributed by atoms with Gasteiger partial charge >= 0.3 is 0 Å². The zero-order chi connectivity index (χ0) is 25.1. The van der Waals surface area contributed by atoms with Crippen molar-refractivity contribution < 1.29 is 23.5 Å². The Morgan fingerprint density at radius 3 is 2.64 bits per heavy atom. The van der Waals surface area contributed by atoms with Crippen LogP contribution in [0, 0.1) is 12.8 Å². The number of hydrogen-bond donors (Lipinski definition) is 1. The highest BCUT2D eigenvalue weighted by Crippen LogP contribution is 2.41. The number of aryl methyl sites for hydroxylation is 1. The summed E-state index contributed by atoms with van der Waals surface area (Å²) in [6, 6.07) is 17.8. The second kappa shape index (κ2) is 10.6. The molecule has 7 nitrogen and oxygen atoms in total. The fraction of sp³-hybridized carbons (Fsp3) is 0.379. The van der Waals surface area contributed by atoms with Crippen molar-refractivity contribution in [3.8, 4) is 5.75 Å². The lowest BCUT2D eigenvalue weighted by molar-refractivity contribution is -0.134. The Bertz CT molecular complexity index is 1230. The van der Waals surface area contributed by atoms with Crippen LogP contribution in [0.1, 0.15) is 57.5 Å². The van der Waals surface area contributed by atoms with E-state index < -0.39 is 0 Å². The van der Waals surface area contributed by atoms with Gasteiger partial charge in [-0.05, 0) is 67.1 Å². The van der Waals surface area contributed by atoms with E-state index >= 15 is 0 Å². The third-order valence-electron chi connectivity index (χ3n) is 6.81. The monoisotopic (exact) mass is 488 g/mol. The molecule has 0 bridgehead atoms. The minimum atomic E-state index is -0.284. The summed E-state index contributed by atoms with van der Waals surface area (Å²) in [5.74, 6) is 1.64. The number of benzene rings is 2. The number of rotatable bonds is 9. The third kappa shape index (κ3) is 5.31. The fourth-order valence-electron chi connectivity index (χ4n) is 4.68. The zero-order valence-electron chi connectivity index (χ0n) is 20.8. The number of amides is 2. The van der Waals surface area contributed by atoms with Gasteiger partial charge in [-0.1, -0.05) is 35.9 Å². The molecule has 2 heterocycles. The molecule has 1 N–H and O–H groups in total. The standard InChI is InChI=1S/C29H32N2O5/c1-19-3-5-21(6-4-19)27-25-17-23(10-9-20(25)13-15-31(27)29(33)22-7-8-22)35-18-24-11-12-26(36-24)28(32)30-14-16-34-2/h3-6,9-12,17,22,27H,7-8,13-16,18H2,1-2H3,(H,30,32). The van der Waals surface area contributed by atoms with E-state index in [4.69, 9.17) is 13.9 Å². The molecule has 1 fully saturated rings. The summed E-state index contributed by atoms with van der Waals surface area (Å²) < 4.78 is 16.7. The molecule has 2 aromatic carbocycles. The zero-order valence-corrected chi connectivity index (χ0v) is 20.8. The van der Waals surface area contributed by atoms with Gasteiger partial charge in [0, 0.05) is 26.1 Å². The summed E-state index contributed by atoms with van der Waals surface area (Å²) >= 11 is 0. The lowest BCUT2D eigenvalue weighted by Crippen LogP contribution is -2.41. The Balaban J connectivity index is 1.34. The van der Waals surface area contributed by atoms with Gasteiger partial charge in [-0.15, -0.1) is 0 Å². The lowest BCUT2D eigenvalue weighted by atomic mass is 9.87. The summed E-state index contributed by atoms with van der Waals surface area (Å²) in [4.78, 5) is 27.4. The summed E-state index contributed by atoms with van der Waals surface area (Å²) in [6.45, 7) is 3.85.